The van der Waals surface area contributed by atoms with Crippen molar-refractivity contribution in [3.8, 4) is 0 Å². The van der Waals surface area contributed by atoms with Crippen LogP contribution in [0.25, 0.3) is 0 Å². The number of benzene rings is 1. The van der Waals surface area contributed by atoms with Gasteiger partial charge in [-0.3, -0.25) is 0 Å². The highest BCUT2D eigenvalue weighted by molar-refractivity contribution is 14.1. The van der Waals surface area contributed by atoms with Crippen LogP contribution in [0.5, 0.6) is 0 Å². The van der Waals surface area contributed by atoms with Crippen molar-refractivity contribution in [2.75, 3.05) is 0 Å². The van der Waals surface area contributed by atoms with Gasteiger partial charge in [0.1, 0.15) is 0 Å². The highest BCUT2D eigenvalue weighted by atomic mass is 127. The standard InChI is InChI=1S/C13H12ClIS/c1-8-3-4-10(5-9(8)2)13(14)11-6-12(15)16-7-11/h3-7,13H,1-2H3. The van der Waals surface area contributed by atoms with E-state index >= 15 is 0 Å². The van der Waals surface area contributed by atoms with Crippen molar-refractivity contribution in [2.24, 2.45) is 0 Å². The van der Waals surface area contributed by atoms with Gasteiger partial charge in [0.2, 0.25) is 0 Å². The zero-order valence-electron chi connectivity index (χ0n) is 9.13. The number of aryl methyl sites for hydroxylation is 2. The molecule has 1 aromatic carbocycles. The van der Waals surface area contributed by atoms with E-state index in [0.29, 0.717) is 0 Å². The fourth-order valence-corrected chi connectivity index (χ4v) is 3.31. The first-order valence-electron chi connectivity index (χ1n) is 5.03. The third-order valence-corrected chi connectivity index (χ3v) is 5.02. The summed E-state index contributed by atoms with van der Waals surface area (Å²) in [6, 6.07) is 8.58. The fraction of sp³-hybridized carbons (Fsp3) is 0.231. The number of hydrogen-bond donors (Lipinski definition) is 0. The SMILES string of the molecule is Cc1ccc(C(Cl)c2csc(I)c2)cc1C. The van der Waals surface area contributed by atoms with Gasteiger partial charge >= 0.3 is 0 Å². The molecule has 16 heavy (non-hydrogen) atoms. The minimum atomic E-state index is -0.0286. The molecule has 0 N–H and O–H groups in total. The number of halogens is 2. The van der Waals surface area contributed by atoms with Crippen LogP contribution in [0, 0.1) is 16.7 Å². The second-order valence-electron chi connectivity index (χ2n) is 3.89. The summed E-state index contributed by atoms with van der Waals surface area (Å²) < 4.78 is 1.28. The lowest BCUT2D eigenvalue weighted by Crippen LogP contribution is -1.93. The predicted octanol–water partition coefficient (Wildman–Crippen LogP) is 5.30. The first kappa shape index (κ1) is 12.4. The van der Waals surface area contributed by atoms with Crippen molar-refractivity contribution >= 4 is 45.5 Å². The summed E-state index contributed by atoms with van der Waals surface area (Å²) in [5, 5.41) is 2.10. The molecule has 2 aromatic rings. The van der Waals surface area contributed by atoms with Crippen molar-refractivity contribution in [1.82, 2.24) is 0 Å². The van der Waals surface area contributed by atoms with Crippen LogP contribution >= 0.6 is 45.5 Å². The molecule has 0 radical (unpaired) electrons. The molecule has 0 spiro atoms. The smallest absolute Gasteiger partial charge is 0.0843 e. The molecule has 3 heteroatoms. The van der Waals surface area contributed by atoms with Gasteiger partial charge in [-0.1, -0.05) is 18.2 Å². The maximum Gasteiger partial charge on any atom is 0.0843 e. The average Bonchev–Trinajstić information content (AvgIpc) is 2.68. The van der Waals surface area contributed by atoms with E-state index in [4.69, 9.17) is 11.6 Å². The van der Waals surface area contributed by atoms with Gasteiger partial charge in [-0.2, -0.15) is 0 Å². The Bertz CT molecular complexity index is 504. The van der Waals surface area contributed by atoms with Crippen molar-refractivity contribution in [1.29, 1.82) is 0 Å². The maximum absolute atomic E-state index is 6.47. The van der Waals surface area contributed by atoms with Gasteiger partial charge in [-0.25, -0.2) is 0 Å². The van der Waals surface area contributed by atoms with Crippen LogP contribution in [0.3, 0.4) is 0 Å². The van der Waals surface area contributed by atoms with Crippen LogP contribution in [0.15, 0.2) is 29.6 Å². The first-order valence-corrected chi connectivity index (χ1v) is 7.42. The molecule has 0 fully saturated rings. The summed E-state index contributed by atoms with van der Waals surface area (Å²) >= 11 is 10.5. The quantitative estimate of drug-likeness (QED) is 0.502. The van der Waals surface area contributed by atoms with Crippen molar-refractivity contribution in [2.45, 2.75) is 19.2 Å². The normalized spacial score (nSPS) is 12.8. The molecule has 0 bridgehead atoms. The van der Waals surface area contributed by atoms with Crippen LogP contribution in [-0.4, -0.2) is 0 Å². The average molecular weight is 363 g/mol. The Morgan fingerprint density at radius 2 is 1.88 bits per heavy atom. The zero-order chi connectivity index (χ0) is 11.7. The van der Waals surface area contributed by atoms with Gasteiger partial charge < -0.3 is 0 Å². The molecular formula is C13H12ClIS. The Hall–Kier alpha value is -0.0600. The molecule has 0 aliphatic rings. The van der Waals surface area contributed by atoms with Crippen molar-refractivity contribution < 1.29 is 0 Å². The topological polar surface area (TPSA) is 0 Å². The first-order chi connectivity index (χ1) is 7.58. The second-order valence-corrected chi connectivity index (χ2v) is 7.13. The van der Waals surface area contributed by atoms with Gasteiger partial charge in [-0.05, 0) is 70.1 Å². The predicted molar refractivity (Wildman–Crippen MR) is 80.6 cm³/mol. The molecule has 0 nitrogen and oxygen atoms in total. The van der Waals surface area contributed by atoms with E-state index in [1.54, 1.807) is 11.3 Å². The summed E-state index contributed by atoms with van der Waals surface area (Å²) in [7, 11) is 0. The third kappa shape index (κ3) is 2.60. The Balaban J connectivity index is 2.33. The number of alkyl halides is 1. The molecule has 0 saturated heterocycles. The fourth-order valence-electron chi connectivity index (χ4n) is 1.57. The van der Waals surface area contributed by atoms with E-state index in [9.17, 15) is 0 Å². The number of hydrogen-bond acceptors (Lipinski definition) is 1. The molecule has 0 amide bonds. The van der Waals surface area contributed by atoms with Gasteiger partial charge in [-0.15, -0.1) is 22.9 Å². The largest absolute Gasteiger partial charge is 0.137 e. The monoisotopic (exact) mass is 362 g/mol. The Morgan fingerprint density at radius 3 is 2.44 bits per heavy atom. The van der Waals surface area contributed by atoms with Crippen molar-refractivity contribution in [3.63, 3.8) is 0 Å². The van der Waals surface area contributed by atoms with Gasteiger partial charge in [0.15, 0.2) is 0 Å². The molecule has 0 saturated carbocycles. The summed E-state index contributed by atoms with van der Waals surface area (Å²) in [6.07, 6.45) is 0. The van der Waals surface area contributed by atoms with Crippen LogP contribution < -0.4 is 0 Å². The summed E-state index contributed by atoms with van der Waals surface area (Å²) in [4.78, 5) is 0. The summed E-state index contributed by atoms with van der Waals surface area (Å²) in [5.74, 6) is 0. The zero-order valence-corrected chi connectivity index (χ0v) is 12.9. The Labute approximate surface area is 119 Å². The lowest BCUT2D eigenvalue weighted by molar-refractivity contribution is 1.13. The third-order valence-electron chi connectivity index (χ3n) is 2.70. The van der Waals surface area contributed by atoms with E-state index in [0.717, 1.165) is 0 Å². The number of thiophene rings is 1. The van der Waals surface area contributed by atoms with E-state index < -0.39 is 0 Å². The molecule has 1 atom stereocenters. The highest BCUT2D eigenvalue weighted by Gasteiger charge is 2.12. The van der Waals surface area contributed by atoms with E-state index in [-0.39, 0.29) is 5.38 Å². The molecule has 1 aromatic heterocycles. The van der Waals surface area contributed by atoms with E-state index in [1.807, 2.05) is 0 Å². The van der Waals surface area contributed by atoms with Crippen LogP contribution in [-0.2, 0) is 0 Å². The van der Waals surface area contributed by atoms with Crippen molar-refractivity contribution in [3.05, 3.63) is 54.8 Å². The summed E-state index contributed by atoms with van der Waals surface area (Å²) in [6.45, 7) is 4.25. The molecule has 2 rings (SSSR count). The molecule has 1 heterocycles. The van der Waals surface area contributed by atoms with E-state index in [1.165, 1.54) is 25.1 Å². The molecule has 0 aliphatic heterocycles. The Morgan fingerprint density at radius 1 is 1.12 bits per heavy atom. The minimum absolute atomic E-state index is 0.0286. The van der Waals surface area contributed by atoms with Crippen LogP contribution in [0.4, 0.5) is 0 Å². The maximum atomic E-state index is 6.47. The molecule has 1 unspecified atom stereocenters. The van der Waals surface area contributed by atoms with Gasteiger partial charge in [0.25, 0.3) is 0 Å². The van der Waals surface area contributed by atoms with Crippen LogP contribution in [0.2, 0.25) is 0 Å². The van der Waals surface area contributed by atoms with E-state index in [2.05, 4.69) is 66.1 Å². The lowest BCUT2D eigenvalue weighted by atomic mass is 10.0. The summed E-state index contributed by atoms with van der Waals surface area (Å²) in [5.41, 5.74) is 4.99. The molecule has 0 aliphatic carbocycles. The molecular weight excluding hydrogens is 351 g/mol. The van der Waals surface area contributed by atoms with Gasteiger partial charge in [0.05, 0.1) is 8.26 Å². The van der Waals surface area contributed by atoms with Gasteiger partial charge in [0, 0.05) is 0 Å². The minimum Gasteiger partial charge on any atom is -0.137 e. The number of rotatable bonds is 2. The second kappa shape index (κ2) is 5.07. The lowest BCUT2D eigenvalue weighted by Gasteiger charge is -2.10. The van der Waals surface area contributed by atoms with Crippen LogP contribution in [0.1, 0.15) is 27.6 Å². The Kier molecular flexibility index (Phi) is 3.93. The molecule has 84 valence electrons. The highest BCUT2D eigenvalue weighted by Crippen LogP contribution is 2.33.